The van der Waals surface area contributed by atoms with Crippen LogP contribution in [0.3, 0.4) is 0 Å². The van der Waals surface area contributed by atoms with Crippen LogP contribution in [0.2, 0.25) is 0 Å². The van der Waals surface area contributed by atoms with E-state index < -0.39 is 0 Å². The Morgan fingerprint density at radius 2 is 1.84 bits per heavy atom. The summed E-state index contributed by atoms with van der Waals surface area (Å²) in [7, 11) is 0. The van der Waals surface area contributed by atoms with E-state index in [0.717, 1.165) is 17.7 Å². The van der Waals surface area contributed by atoms with Crippen molar-refractivity contribution in [2.24, 2.45) is 0 Å². The van der Waals surface area contributed by atoms with Gasteiger partial charge in [-0.05, 0) is 48.7 Å². The Labute approximate surface area is 192 Å². The van der Waals surface area contributed by atoms with Gasteiger partial charge in [0.2, 0.25) is 5.91 Å². The first kappa shape index (κ1) is 22.0. The normalized spacial score (nSPS) is 15.6. The number of amides is 2. The molecule has 0 aromatic heterocycles. The van der Waals surface area contributed by atoms with Gasteiger partial charge in [-0.1, -0.05) is 48.5 Å². The summed E-state index contributed by atoms with van der Waals surface area (Å²) in [6, 6.07) is 25.1. The summed E-state index contributed by atoms with van der Waals surface area (Å²) in [4.78, 5) is 27.1. The van der Waals surface area contributed by atoms with E-state index in [9.17, 15) is 9.59 Å². The van der Waals surface area contributed by atoms with Crippen LogP contribution in [0.5, 0.6) is 5.75 Å². The molecule has 0 bridgehead atoms. The van der Waals surface area contributed by atoms with E-state index in [0.29, 0.717) is 30.2 Å². The van der Waals surface area contributed by atoms with Gasteiger partial charge in [-0.25, -0.2) is 0 Å². The van der Waals surface area contributed by atoms with Crippen molar-refractivity contribution in [1.29, 1.82) is 0 Å². The Hall–Kier alpha value is -3.25. The first-order valence-corrected chi connectivity index (χ1v) is 11.8. The minimum absolute atomic E-state index is 0.0220. The topological polar surface area (TPSA) is 58.6 Å². The molecule has 1 heterocycles. The first-order valence-electron chi connectivity index (χ1n) is 10.7. The number of ether oxygens (including phenoxy) is 1. The van der Waals surface area contributed by atoms with Crippen molar-refractivity contribution in [2.75, 3.05) is 24.2 Å². The Morgan fingerprint density at radius 3 is 2.59 bits per heavy atom. The number of anilines is 1. The third-order valence-electron chi connectivity index (χ3n) is 5.31. The number of nitrogens with one attached hydrogen (secondary N) is 1. The minimum Gasteiger partial charge on any atom is -0.494 e. The molecule has 1 atom stereocenters. The molecule has 164 valence electrons. The molecule has 0 aliphatic carbocycles. The van der Waals surface area contributed by atoms with Gasteiger partial charge in [-0.3, -0.25) is 9.59 Å². The van der Waals surface area contributed by atoms with Crippen LogP contribution in [0, 0.1) is 0 Å². The number of benzene rings is 3. The third-order valence-corrected chi connectivity index (χ3v) is 6.57. The van der Waals surface area contributed by atoms with Crippen molar-refractivity contribution in [3.05, 3.63) is 95.6 Å². The second kappa shape index (κ2) is 10.4. The van der Waals surface area contributed by atoms with Crippen molar-refractivity contribution in [3.63, 3.8) is 0 Å². The van der Waals surface area contributed by atoms with Crippen molar-refractivity contribution < 1.29 is 14.3 Å². The fourth-order valence-corrected chi connectivity index (χ4v) is 4.92. The summed E-state index contributed by atoms with van der Waals surface area (Å²) in [5, 5.41) is 2.89. The Balaban J connectivity index is 1.41. The summed E-state index contributed by atoms with van der Waals surface area (Å²) in [5.41, 5.74) is 3.51. The van der Waals surface area contributed by atoms with Crippen LogP contribution in [0.1, 0.15) is 33.8 Å². The molecule has 6 heteroatoms. The van der Waals surface area contributed by atoms with E-state index in [4.69, 9.17) is 4.74 Å². The standard InChI is InChI=1S/C26H26N2O3S/c1-2-31-23-10-6-9-22(17-23)27-25(30)20-11-13-21(14-12-20)26-28(24(29)18-32-26)16-15-19-7-4-3-5-8-19/h3-14,17,26H,2,15-16,18H2,1H3,(H,27,30)/t26-/m0/s1. The average Bonchev–Trinajstić information content (AvgIpc) is 3.19. The van der Waals surface area contributed by atoms with Gasteiger partial charge >= 0.3 is 0 Å². The van der Waals surface area contributed by atoms with Crippen LogP contribution >= 0.6 is 11.8 Å². The predicted molar refractivity (Wildman–Crippen MR) is 129 cm³/mol. The van der Waals surface area contributed by atoms with E-state index in [-0.39, 0.29) is 17.2 Å². The fraction of sp³-hybridized carbons (Fsp3) is 0.231. The first-order chi connectivity index (χ1) is 15.6. The smallest absolute Gasteiger partial charge is 0.255 e. The van der Waals surface area contributed by atoms with Gasteiger partial charge in [0.25, 0.3) is 5.91 Å². The summed E-state index contributed by atoms with van der Waals surface area (Å²) in [6.07, 6.45) is 0.824. The van der Waals surface area contributed by atoms with Gasteiger partial charge in [0.1, 0.15) is 11.1 Å². The number of rotatable bonds is 8. The molecule has 1 aliphatic rings. The monoisotopic (exact) mass is 446 g/mol. The third kappa shape index (κ3) is 5.32. The molecule has 1 aliphatic heterocycles. The van der Waals surface area contributed by atoms with Crippen LogP contribution in [-0.2, 0) is 11.2 Å². The molecule has 1 N–H and O–H groups in total. The molecule has 0 unspecified atom stereocenters. The van der Waals surface area contributed by atoms with Crippen molar-refractivity contribution in [1.82, 2.24) is 4.90 Å². The Morgan fingerprint density at radius 1 is 1.06 bits per heavy atom. The highest BCUT2D eigenvalue weighted by atomic mass is 32.2. The Bertz CT molecular complexity index is 1070. The molecule has 5 nitrogen and oxygen atoms in total. The van der Waals surface area contributed by atoms with Crippen molar-refractivity contribution >= 4 is 29.3 Å². The molecular formula is C26H26N2O3S. The molecule has 1 fully saturated rings. The van der Waals surface area contributed by atoms with Crippen LogP contribution in [0.25, 0.3) is 0 Å². The number of hydrogen-bond acceptors (Lipinski definition) is 4. The predicted octanol–water partition coefficient (Wildman–Crippen LogP) is 5.15. The molecule has 1 saturated heterocycles. The second-order valence-electron chi connectivity index (χ2n) is 7.52. The highest BCUT2D eigenvalue weighted by Crippen LogP contribution is 2.38. The lowest BCUT2D eigenvalue weighted by molar-refractivity contribution is -0.128. The van der Waals surface area contributed by atoms with Gasteiger partial charge < -0.3 is 15.0 Å². The van der Waals surface area contributed by atoms with E-state index in [1.807, 2.05) is 72.5 Å². The van der Waals surface area contributed by atoms with Crippen molar-refractivity contribution in [2.45, 2.75) is 18.7 Å². The maximum Gasteiger partial charge on any atom is 0.255 e. The number of carbonyl (C=O) groups excluding carboxylic acids is 2. The Kier molecular flexibility index (Phi) is 7.12. The average molecular weight is 447 g/mol. The molecule has 0 spiro atoms. The van der Waals surface area contributed by atoms with E-state index in [1.165, 1.54) is 5.56 Å². The van der Waals surface area contributed by atoms with Gasteiger partial charge in [0, 0.05) is 23.9 Å². The van der Waals surface area contributed by atoms with Crippen molar-refractivity contribution in [3.8, 4) is 5.75 Å². The lowest BCUT2D eigenvalue weighted by Gasteiger charge is -2.24. The molecule has 0 radical (unpaired) electrons. The van der Waals surface area contributed by atoms with Gasteiger partial charge in [0.05, 0.1) is 12.4 Å². The summed E-state index contributed by atoms with van der Waals surface area (Å²) >= 11 is 1.63. The molecule has 2 amide bonds. The minimum atomic E-state index is -0.179. The van der Waals surface area contributed by atoms with Gasteiger partial charge in [0.15, 0.2) is 0 Å². The molecule has 3 aromatic rings. The summed E-state index contributed by atoms with van der Waals surface area (Å²) < 4.78 is 5.49. The molecule has 0 saturated carbocycles. The van der Waals surface area contributed by atoms with E-state index in [2.05, 4.69) is 17.4 Å². The van der Waals surface area contributed by atoms with E-state index in [1.54, 1.807) is 17.8 Å². The lowest BCUT2D eigenvalue weighted by atomic mass is 10.1. The summed E-state index contributed by atoms with van der Waals surface area (Å²) in [5.74, 6) is 1.19. The highest BCUT2D eigenvalue weighted by Gasteiger charge is 2.32. The zero-order valence-electron chi connectivity index (χ0n) is 18.0. The van der Waals surface area contributed by atoms with Crippen LogP contribution in [-0.4, -0.2) is 35.6 Å². The zero-order chi connectivity index (χ0) is 22.3. The number of hydrogen-bond donors (Lipinski definition) is 1. The molecule has 32 heavy (non-hydrogen) atoms. The lowest BCUT2D eigenvalue weighted by Crippen LogP contribution is -2.30. The SMILES string of the molecule is CCOc1cccc(NC(=O)c2ccc([C@@H]3SCC(=O)N3CCc3ccccc3)cc2)c1. The van der Waals surface area contributed by atoms with Crippen LogP contribution in [0.15, 0.2) is 78.9 Å². The summed E-state index contributed by atoms with van der Waals surface area (Å²) in [6.45, 7) is 3.17. The number of thioether (sulfide) groups is 1. The maximum atomic E-state index is 12.7. The van der Waals surface area contributed by atoms with E-state index >= 15 is 0 Å². The second-order valence-corrected chi connectivity index (χ2v) is 8.59. The highest BCUT2D eigenvalue weighted by molar-refractivity contribution is 8.00. The molecular weight excluding hydrogens is 420 g/mol. The van der Waals surface area contributed by atoms with Crippen LogP contribution in [0.4, 0.5) is 5.69 Å². The van der Waals surface area contributed by atoms with Gasteiger partial charge in [-0.15, -0.1) is 11.8 Å². The quantitative estimate of drug-likeness (QED) is 0.520. The van der Waals surface area contributed by atoms with Gasteiger partial charge in [-0.2, -0.15) is 0 Å². The zero-order valence-corrected chi connectivity index (χ0v) is 18.8. The number of carbonyl (C=O) groups is 2. The maximum absolute atomic E-state index is 12.7. The molecule has 4 rings (SSSR count). The number of nitrogens with zero attached hydrogens (tertiary/aromatic N) is 1. The largest absolute Gasteiger partial charge is 0.494 e. The fourth-order valence-electron chi connectivity index (χ4n) is 3.70. The molecule has 3 aromatic carbocycles. The van der Waals surface area contributed by atoms with Crippen LogP contribution < -0.4 is 10.1 Å².